The number of aryl methyl sites for hydroxylation is 1. The maximum Gasteiger partial charge on any atom is 0.220 e. The van der Waals surface area contributed by atoms with Crippen LogP contribution < -0.4 is 21.6 Å². The van der Waals surface area contributed by atoms with Crippen LogP contribution in [-0.4, -0.2) is 35.6 Å². The second-order valence-electron chi connectivity index (χ2n) is 10.8. The molecule has 33 heavy (non-hydrogen) atoms. The molecule has 0 radical (unpaired) electrons. The number of carbonyl (C=O) groups excluding carboxylic acids is 1. The van der Waals surface area contributed by atoms with Crippen molar-refractivity contribution in [2.24, 2.45) is 22.9 Å². The highest BCUT2D eigenvalue weighted by molar-refractivity contribution is 5.76. The average Bonchev–Trinajstić information content (AvgIpc) is 2.71. The molecule has 0 spiro atoms. The molecule has 1 atom stereocenters. The summed E-state index contributed by atoms with van der Waals surface area (Å²) in [6, 6.07) is 3.84. The first-order valence-corrected chi connectivity index (χ1v) is 12.3. The second kappa shape index (κ2) is 12.3. The Morgan fingerprint density at radius 2 is 1.94 bits per heavy atom. The maximum atomic E-state index is 12.3. The van der Waals surface area contributed by atoms with Gasteiger partial charge in [-0.2, -0.15) is 0 Å². The third kappa shape index (κ3) is 9.24. The van der Waals surface area contributed by atoms with E-state index in [-0.39, 0.29) is 17.4 Å². The van der Waals surface area contributed by atoms with Gasteiger partial charge in [0.2, 0.25) is 5.91 Å². The highest BCUT2D eigenvalue weighted by Gasteiger charge is 2.19. The number of ether oxygens (including phenoxy) is 1. The standard InChI is InChI=1S/C26H45N5O2/c1-18(17-26(3,4)5)16-24(32)29-15-14-22(31(6)28)25(27)21-12-13-23(19(2)30-21)33-20-10-8-7-9-11-20/h12-13,18,20H,7-11,14-17,27-28H2,1-6H3,(H,29,32)/b25-22-. The van der Waals surface area contributed by atoms with E-state index in [2.05, 4.69) is 38.0 Å². The summed E-state index contributed by atoms with van der Waals surface area (Å²) < 4.78 is 6.18. The highest BCUT2D eigenvalue weighted by atomic mass is 16.5. The van der Waals surface area contributed by atoms with E-state index >= 15 is 0 Å². The molecule has 7 heteroatoms. The van der Waals surface area contributed by atoms with Gasteiger partial charge in [-0.25, -0.2) is 10.8 Å². The summed E-state index contributed by atoms with van der Waals surface area (Å²) in [5, 5.41) is 4.51. The van der Waals surface area contributed by atoms with E-state index in [0.29, 0.717) is 36.7 Å². The molecule has 0 aliphatic heterocycles. The van der Waals surface area contributed by atoms with Crippen molar-refractivity contribution in [2.45, 2.75) is 92.1 Å². The maximum absolute atomic E-state index is 12.3. The summed E-state index contributed by atoms with van der Waals surface area (Å²) in [7, 11) is 1.75. The lowest BCUT2D eigenvalue weighted by Gasteiger charge is -2.24. The first-order valence-electron chi connectivity index (χ1n) is 12.3. The molecule has 5 N–H and O–H groups in total. The summed E-state index contributed by atoms with van der Waals surface area (Å²) in [6.07, 6.45) is 8.29. The van der Waals surface area contributed by atoms with Crippen LogP contribution in [0, 0.1) is 18.3 Å². The SMILES string of the molecule is Cc1nc(/C(N)=C(\CCNC(=O)CC(C)CC(C)(C)C)N(C)N)ccc1OC1CCCCC1. The zero-order valence-corrected chi connectivity index (χ0v) is 21.5. The molecule has 1 fully saturated rings. The molecular weight excluding hydrogens is 414 g/mol. The number of amides is 1. The lowest BCUT2D eigenvalue weighted by molar-refractivity contribution is -0.122. The van der Waals surface area contributed by atoms with Gasteiger partial charge in [0.05, 0.1) is 28.9 Å². The number of hydrazine groups is 1. The Hall–Kier alpha value is -2.28. The minimum absolute atomic E-state index is 0.0579. The van der Waals surface area contributed by atoms with E-state index in [1.54, 1.807) is 7.05 Å². The van der Waals surface area contributed by atoms with Gasteiger partial charge >= 0.3 is 0 Å². The molecule has 1 aromatic heterocycles. The van der Waals surface area contributed by atoms with Crippen LogP contribution in [0.5, 0.6) is 5.75 Å². The van der Waals surface area contributed by atoms with Gasteiger partial charge in [0.1, 0.15) is 5.75 Å². The molecule has 1 aromatic rings. The fourth-order valence-corrected chi connectivity index (χ4v) is 4.66. The molecule has 7 nitrogen and oxygen atoms in total. The monoisotopic (exact) mass is 459 g/mol. The molecule has 1 aliphatic rings. The van der Waals surface area contributed by atoms with Crippen LogP contribution in [0.4, 0.5) is 0 Å². The van der Waals surface area contributed by atoms with Crippen molar-refractivity contribution in [1.82, 2.24) is 15.3 Å². The molecule has 1 amide bonds. The van der Waals surface area contributed by atoms with Crippen LogP contribution in [0.3, 0.4) is 0 Å². The number of carbonyl (C=O) groups is 1. The van der Waals surface area contributed by atoms with Crippen molar-refractivity contribution in [3.8, 4) is 5.75 Å². The molecule has 0 saturated heterocycles. The Balaban J connectivity index is 1.98. The summed E-state index contributed by atoms with van der Waals surface area (Å²) >= 11 is 0. The molecule has 1 unspecified atom stereocenters. The van der Waals surface area contributed by atoms with Crippen molar-refractivity contribution in [1.29, 1.82) is 0 Å². The van der Waals surface area contributed by atoms with Crippen LogP contribution in [0.2, 0.25) is 0 Å². The van der Waals surface area contributed by atoms with Gasteiger partial charge < -0.3 is 20.8 Å². The first-order chi connectivity index (χ1) is 15.5. The molecule has 1 heterocycles. The lowest BCUT2D eigenvalue weighted by atomic mass is 9.84. The van der Waals surface area contributed by atoms with Crippen LogP contribution in [0.1, 0.15) is 90.4 Å². The van der Waals surface area contributed by atoms with Crippen LogP contribution in [0.25, 0.3) is 5.70 Å². The van der Waals surface area contributed by atoms with Gasteiger partial charge in [-0.15, -0.1) is 0 Å². The van der Waals surface area contributed by atoms with Gasteiger partial charge in [-0.3, -0.25) is 4.79 Å². The van der Waals surface area contributed by atoms with E-state index in [1.165, 1.54) is 24.3 Å². The molecule has 0 aromatic carbocycles. The van der Waals surface area contributed by atoms with E-state index < -0.39 is 0 Å². The number of rotatable bonds is 10. The van der Waals surface area contributed by atoms with Gasteiger partial charge in [-0.05, 0) is 62.5 Å². The number of hydrogen-bond acceptors (Lipinski definition) is 6. The van der Waals surface area contributed by atoms with Gasteiger partial charge in [0, 0.05) is 26.4 Å². The minimum Gasteiger partial charge on any atom is -0.489 e. The average molecular weight is 460 g/mol. The molecular formula is C26H45N5O2. The molecule has 1 aliphatic carbocycles. The third-order valence-corrected chi connectivity index (χ3v) is 6.07. The van der Waals surface area contributed by atoms with Gasteiger partial charge in [0.25, 0.3) is 0 Å². The van der Waals surface area contributed by atoms with E-state index in [9.17, 15) is 4.79 Å². The zero-order chi connectivity index (χ0) is 24.6. The number of nitrogens with one attached hydrogen (secondary N) is 1. The fraction of sp³-hybridized carbons (Fsp3) is 0.692. The Labute approximate surface area is 200 Å². The summed E-state index contributed by atoms with van der Waals surface area (Å²) in [5.41, 5.74) is 9.42. The highest BCUT2D eigenvalue weighted by Crippen LogP contribution is 2.27. The van der Waals surface area contributed by atoms with Crippen LogP contribution in [-0.2, 0) is 4.79 Å². The van der Waals surface area contributed by atoms with Crippen molar-refractivity contribution < 1.29 is 9.53 Å². The Kier molecular flexibility index (Phi) is 10.0. The van der Waals surface area contributed by atoms with E-state index in [0.717, 1.165) is 36.4 Å². The summed E-state index contributed by atoms with van der Waals surface area (Å²) in [6.45, 7) is 11.1. The predicted octanol–water partition coefficient (Wildman–Crippen LogP) is 4.50. The molecule has 2 rings (SSSR count). The number of nitrogens with two attached hydrogens (primary N) is 2. The Morgan fingerprint density at radius 1 is 1.27 bits per heavy atom. The second-order valence-corrected chi connectivity index (χ2v) is 10.8. The predicted molar refractivity (Wildman–Crippen MR) is 135 cm³/mol. The number of hydrogen-bond donors (Lipinski definition) is 3. The van der Waals surface area contributed by atoms with Crippen molar-refractivity contribution in [3.63, 3.8) is 0 Å². The molecule has 186 valence electrons. The Morgan fingerprint density at radius 3 is 2.52 bits per heavy atom. The van der Waals surface area contributed by atoms with Crippen molar-refractivity contribution in [2.75, 3.05) is 13.6 Å². The largest absolute Gasteiger partial charge is 0.489 e. The first kappa shape index (κ1) is 27.0. The normalized spacial score (nSPS) is 16.7. The molecule has 0 bridgehead atoms. The number of pyridine rings is 1. The Bertz CT molecular complexity index is 807. The van der Waals surface area contributed by atoms with Crippen molar-refractivity contribution in [3.05, 3.63) is 29.2 Å². The van der Waals surface area contributed by atoms with Gasteiger partial charge in [-0.1, -0.05) is 34.1 Å². The van der Waals surface area contributed by atoms with Gasteiger partial charge in [0.15, 0.2) is 0 Å². The summed E-state index contributed by atoms with van der Waals surface area (Å²) in [4.78, 5) is 17.0. The summed E-state index contributed by atoms with van der Waals surface area (Å²) in [5.74, 6) is 7.28. The zero-order valence-electron chi connectivity index (χ0n) is 21.5. The smallest absolute Gasteiger partial charge is 0.220 e. The number of aromatic nitrogens is 1. The van der Waals surface area contributed by atoms with E-state index in [1.807, 2.05) is 19.1 Å². The lowest BCUT2D eigenvalue weighted by Crippen LogP contribution is -2.32. The molecule has 1 saturated carbocycles. The van der Waals surface area contributed by atoms with E-state index in [4.69, 9.17) is 16.3 Å². The minimum atomic E-state index is 0.0579. The topological polar surface area (TPSA) is 106 Å². The third-order valence-electron chi connectivity index (χ3n) is 6.07. The van der Waals surface area contributed by atoms with Crippen LogP contribution in [0.15, 0.2) is 17.8 Å². The number of nitrogens with zero attached hydrogens (tertiary/aromatic N) is 2. The van der Waals surface area contributed by atoms with Crippen molar-refractivity contribution >= 4 is 11.6 Å². The fourth-order valence-electron chi connectivity index (χ4n) is 4.66. The van der Waals surface area contributed by atoms with Crippen LogP contribution >= 0.6 is 0 Å². The quantitative estimate of drug-likeness (QED) is 0.351.